The van der Waals surface area contributed by atoms with Gasteiger partial charge in [0.1, 0.15) is 0 Å². The number of carbonyl (C=O) groups is 1. The highest BCUT2D eigenvalue weighted by atomic mass is 16.2. The van der Waals surface area contributed by atoms with Crippen molar-refractivity contribution in [2.24, 2.45) is 0 Å². The molecule has 0 aromatic carbocycles. The minimum absolute atomic E-state index is 0.0478. The molecule has 0 radical (unpaired) electrons. The molecule has 1 unspecified atom stereocenters. The summed E-state index contributed by atoms with van der Waals surface area (Å²) in [6.45, 7) is 7.29. The molecular weight excluding hydrogens is 214 g/mol. The second-order valence-corrected chi connectivity index (χ2v) is 5.24. The maximum atomic E-state index is 12.0. The van der Waals surface area contributed by atoms with Crippen molar-refractivity contribution in [1.29, 1.82) is 0 Å². The molecule has 1 atom stereocenters. The molecule has 1 aliphatic heterocycles. The van der Waals surface area contributed by atoms with Gasteiger partial charge in [-0.1, -0.05) is 0 Å². The van der Waals surface area contributed by atoms with Crippen molar-refractivity contribution in [3.05, 3.63) is 0 Å². The fraction of sp³-hybridized carbons (Fsp3) is 0.923. The average Bonchev–Trinajstić information content (AvgIpc) is 2.31. The van der Waals surface area contributed by atoms with E-state index in [9.17, 15) is 4.79 Å². The van der Waals surface area contributed by atoms with Gasteiger partial charge < -0.3 is 15.1 Å². The van der Waals surface area contributed by atoms with Gasteiger partial charge in [-0.15, -0.1) is 0 Å². The van der Waals surface area contributed by atoms with Crippen molar-refractivity contribution < 1.29 is 4.79 Å². The van der Waals surface area contributed by atoms with Crippen LogP contribution < -0.4 is 5.32 Å². The van der Waals surface area contributed by atoms with Crippen LogP contribution in [-0.4, -0.2) is 61.5 Å². The highest BCUT2D eigenvalue weighted by Gasteiger charge is 2.26. The van der Waals surface area contributed by atoms with Crippen LogP contribution in [0.15, 0.2) is 0 Å². The van der Waals surface area contributed by atoms with E-state index in [1.165, 1.54) is 0 Å². The zero-order chi connectivity index (χ0) is 12.8. The van der Waals surface area contributed by atoms with E-state index in [2.05, 4.69) is 31.1 Å². The first-order valence-corrected chi connectivity index (χ1v) is 6.72. The second kappa shape index (κ2) is 6.97. The lowest BCUT2D eigenvalue weighted by atomic mass is 10.0. The third-order valence-electron chi connectivity index (χ3n) is 3.70. The minimum Gasteiger partial charge on any atom is -0.341 e. The summed E-state index contributed by atoms with van der Waals surface area (Å²) in [4.78, 5) is 16.4. The monoisotopic (exact) mass is 241 g/mol. The normalized spacial score (nSPS) is 21.6. The lowest BCUT2D eigenvalue weighted by Gasteiger charge is -2.32. The summed E-state index contributed by atoms with van der Waals surface area (Å²) in [7, 11) is 4.01. The Labute approximate surface area is 105 Å². The summed E-state index contributed by atoms with van der Waals surface area (Å²) >= 11 is 0. The van der Waals surface area contributed by atoms with Crippen LogP contribution in [0.1, 0.15) is 33.1 Å². The number of piperidine rings is 1. The van der Waals surface area contributed by atoms with Crippen LogP contribution in [0.4, 0.5) is 0 Å². The fourth-order valence-electron chi connectivity index (χ4n) is 2.20. The quantitative estimate of drug-likeness (QED) is 0.751. The molecule has 0 aliphatic carbocycles. The first-order valence-electron chi connectivity index (χ1n) is 6.72. The summed E-state index contributed by atoms with van der Waals surface area (Å²) in [6.07, 6.45) is 3.17. The highest BCUT2D eigenvalue weighted by Crippen LogP contribution is 2.11. The molecular formula is C13H27N3O. The Morgan fingerprint density at radius 2 is 2.24 bits per heavy atom. The summed E-state index contributed by atoms with van der Waals surface area (Å²) in [5, 5.41) is 3.10. The lowest BCUT2D eigenvalue weighted by Crippen LogP contribution is -2.50. The van der Waals surface area contributed by atoms with Crippen LogP contribution >= 0.6 is 0 Å². The Morgan fingerprint density at radius 1 is 1.53 bits per heavy atom. The van der Waals surface area contributed by atoms with Crippen LogP contribution in [0.25, 0.3) is 0 Å². The van der Waals surface area contributed by atoms with Crippen molar-refractivity contribution in [2.45, 2.75) is 45.2 Å². The molecule has 1 aliphatic rings. The molecule has 1 heterocycles. The van der Waals surface area contributed by atoms with Crippen molar-refractivity contribution in [1.82, 2.24) is 15.1 Å². The van der Waals surface area contributed by atoms with Gasteiger partial charge in [0.05, 0.1) is 6.04 Å². The van der Waals surface area contributed by atoms with Gasteiger partial charge in [-0.2, -0.15) is 0 Å². The van der Waals surface area contributed by atoms with Gasteiger partial charge in [0, 0.05) is 19.1 Å². The Bertz CT molecular complexity index is 243. The molecule has 1 amide bonds. The zero-order valence-corrected chi connectivity index (χ0v) is 11.7. The minimum atomic E-state index is 0.0478. The van der Waals surface area contributed by atoms with E-state index in [1.54, 1.807) is 0 Å². The zero-order valence-electron chi connectivity index (χ0n) is 11.7. The Kier molecular flexibility index (Phi) is 5.92. The third-order valence-corrected chi connectivity index (χ3v) is 3.70. The summed E-state index contributed by atoms with van der Waals surface area (Å²) < 4.78 is 0. The molecule has 17 heavy (non-hydrogen) atoms. The molecule has 0 aromatic heterocycles. The number of rotatable bonds is 6. The van der Waals surface area contributed by atoms with Crippen LogP contribution in [0.5, 0.6) is 0 Å². The van der Waals surface area contributed by atoms with Crippen molar-refractivity contribution in [3.8, 4) is 0 Å². The van der Waals surface area contributed by atoms with E-state index in [-0.39, 0.29) is 11.9 Å². The second-order valence-electron chi connectivity index (χ2n) is 5.24. The van der Waals surface area contributed by atoms with Crippen LogP contribution in [0, 0.1) is 0 Å². The lowest BCUT2D eigenvalue weighted by molar-refractivity contribution is -0.135. The van der Waals surface area contributed by atoms with Crippen LogP contribution in [0.2, 0.25) is 0 Å². The number of likely N-dealkylation sites (N-methyl/N-ethyl adjacent to an activating group) is 1. The molecule has 1 rings (SSSR count). The van der Waals surface area contributed by atoms with Crippen molar-refractivity contribution in [2.75, 3.05) is 33.7 Å². The van der Waals surface area contributed by atoms with Gasteiger partial charge in [0.25, 0.3) is 0 Å². The molecule has 1 fully saturated rings. The molecule has 4 nitrogen and oxygen atoms in total. The van der Waals surface area contributed by atoms with Gasteiger partial charge in [-0.3, -0.25) is 4.79 Å². The van der Waals surface area contributed by atoms with Crippen molar-refractivity contribution >= 4 is 5.91 Å². The van der Waals surface area contributed by atoms with Gasteiger partial charge in [0.2, 0.25) is 5.91 Å². The van der Waals surface area contributed by atoms with Crippen LogP contribution in [0.3, 0.4) is 0 Å². The Balaban J connectivity index is 2.29. The maximum Gasteiger partial charge on any atom is 0.239 e. The number of hydrogen-bond acceptors (Lipinski definition) is 3. The molecule has 0 saturated carbocycles. The number of amides is 1. The Morgan fingerprint density at radius 3 is 2.82 bits per heavy atom. The fourth-order valence-corrected chi connectivity index (χ4v) is 2.20. The highest BCUT2D eigenvalue weighted by molar-refractivity contribution is 5.82. The number of nitrogens with one attached hydrogen (secondary N) is 1. The largest absolute Gasteiger partial charge is 0.341 e. The predicted molar refractivity (Wildman–Crippen MR) is 71.0 cm³/mol. The number of likely N-dealkylation sites (tertiary alicyclic amines) is 1. The SMILES string of the molecule is CNC1CCCN(CCCN(C)C(C)C)C1=O. The standard InChI is InChI=1S/C13H27N3O/c1-11(2)15(4)8-6-10-16-9-5-7-12(14-3)13(16)17/h11-12,14H,5-10H2,1-4H3. The molecule has 1 N–H and O–H groups in total. The van der Waals surface area contributed by atoms with Crippen molar-refractivity contribution in [3.63, 3.8) is 0 Å². The average molecular weight is 241 g/mol. The smallest absolute Gasteiger partial charge is 0.239 e. The Hall–Kier alpha value is -0.610. The maximum absolute atomic E-state index is 12.0. The number of hydrogen-bond donors (Lipinski definition) is 1. The number of nitrogens with zero attached hydrogens (tertiary/aromatic N) is 2. The molecule has 1 saturated heterocycles. The topological polar surface area (TPSA) is 35.6 Å². The van der Waals surface area contributed by atoms with E-state index < -0.39 is 0 Å². The van der Waals surface area contributed by atoms with E-state index in [0.717, 1.165) is 38.9 Å². The first-order chi connectivity index (χ1) is 8.06. The third kappa shape index (κ3) is 4.28. The van der Waals surface area contributed by atoms with Gasteiger partial charge in [0.15, 0.2) is 0 Å². The van der Waals surface area contributed by atoms with Crippen LogP contribution in [-0.2, 0) is 4.79 Å². The van der Waals surface area contributed by atoms with E-state index in [1.807, 2.05) is 11.9 Å². The summed E-state index contributed by atoms with van der Waals surface area (Å²) in [6, 6.07) is 0.628. The van der Waals surface area contributed by atoms with Gasteiger partial charge in [-0.25, -0.2) is 0 Å². The predicted octanol–water partition coefficient (Wildman–Crippen LogP) is 0.927. The molecule has 100 valence electrons. The number of carbonyl (C=O) groups excluding carboxylic acids is 1. The first kappa shape index (κ1) is 14.5. The van der Waals surface area contributed by atoms with E-state index >= 15 is 0 Å². The van der Waals surface area contributed by atoms with Gasteiger partial charge in [-0.05, 0) is 53.8 Å². The van der Waals surface area contributed by atoms with Gasteiger partial charge >= 0.3 is 0 Å². The summed E-state index contributed by atoms with van der Waals surface area (Å²) in [5.74, 6) is 0.283. The van der Waals surface area contributed by atoms with E-state index in [4.69, 9.17) is 0 Å². The molecule has 0 spiro atoms. The molecule has 0 aromatic rings. The molecule has 0 bridgehead atoms. The molecule has 4 heteroatoms. The van der Waals surface area contributed by atoms with E-state index in [0.29, 0.717) is 6.04 Å². The summed E-state index contributed by atoms with van der Waals surface area (Å²) in [5.41, 5.74) is 0.